The van der Waals surface area contributed by atoms with Crippen LogP contribution in [-0.2, 0) is 31.1 Å². The summed E-state index contributed by atoms with van der Waals surface area (Å²) in [4.78, 5) is 21.5. The fraction of sp³-hybridized carbons (Fsp3) is 0.471. The Hall–Kier alpha value is -2.17. The van der Waals surface area contributed by atoms with Gasteiger partial charge in [-0.25, -0.2) is 9.97 Å². The monoisotopic (exact) mass is 296 g/mol. The highest BCUT2D eigenvalue weighted by Crippen LogP contribution is 2.31. The Kier molecular flexibility index (Phi) is 3.21. The molecule has 5 nitrogen and oxygen atoms in total. The quantitative estimate of drug-likeness (QED) is 0.925. The molecule has 0 saturated heterocycles. The molecule has 1 amide bonds. The van der Waals surface area contributed by atoms with Gasteiger partial charge >= 0.3 is 0 Å². The van der Waals surface area contributed by atoms with Crippen molar-refractivity contribution in [3.8, 4) is 0 Å². The van der Waals surface area contributed by atoms with Crippen molar-refractivity contribution in [1.82, 2.24) is 14.5 Å². The number of aryl methyl sites for hydroxylation is 3. The molecule has 0 bridgehead atoms. The lowest BCUT2D eigenvalue weighted by molar-refractivity contribution is -0.118. The summed E-state index contributed by atoms with van der Waals surface area (Å²) >= 11 is 0. The van der Waals surface area contributed by atoms with Gasteiger partial charge in [0.15, 0.2) is 0 Å². The van der Waals surface area contributed by atoms with Crippen molar-refractivity contribution in [2.45, 2.75) is 44.4 Å². The van der Waals surface area contributed by atoms with E-state index >= 15 is 0 Å². The Morgan fingerprint density at radius 2 is 2.09 bits per heavy atom. The normalized spacial score (nSPS) is 19.6. The summed E-state index contributed by atoms with van der Waals surface area (Å²) in [7, 11) is 1.99. The van der Waals surface area contributed by atoms with E-state index in [4.69, 9.17) is 0 Å². The molecule has 0 saturated carbocycles. The zero-order valence-corrected chi connectivity index (χ0v) is 12.8. The maximum absolute atomic E-state index is 12.6. The molecule has 2 aromatic heterocycles. The van der Waals surface area contributed by atoms with E-state index in [2.05, 4.69) is 15.3 Å². The Morgan fingerprint density at radius 1 is 1.23 bits per heavy atom. The van der Waals surface area contributed by atoms with E-state index in [0.29, 0.717) is 5.82 Å². The highest BCUT2D eigenvalue weighted by molar-refractivity contribution is 5.95. The largest absolute Gasteiger partial charge is 0.337 e. The van der Waals surface area contributed by atoms with Gasteiger partial charge in [-0.1, -0.05) is 0 Å². The first-order valence-electron chi connectivity index (χ1n) is 8.01. The van der Waals surface area contributed by atoms with Crippen molar-refractivity contribution >= 4 is 11.7 Å². The molecule has 1 N–H and O–H groups in total. The first-order valence-corrected chi connectivity index (χ1v) is 8.01. The lowest BCUT2D eigenvalue weighted by Gasteiger charge is -2.21. The van der Waals surface area contributed by atoms with E-state index in [9.17, 15) is 4.79 Å². The number of aromatic nitrogens is 3. The van der Waals surface area contributed by atoms with Crippen molar-refractivity contribution in [2.24, 2.45) is 7.05 Å². The molecule has 1 atom stereocenters. The summed E-state index contributed by atoms with van der Waals surface area (Å²) in [5.41, 5.74) is 4.77. The lowest BCUT2D eigenvalue weighted by atomic mass is 9.89. The van der Waals surface area contributed by atoms with Gasteiger partial charge in [0.2, 0.25) is 5.91 Å². The predicted octanol–water partition coefficient (Wildman–Crippen LogP) is 2.36. The minimum atomic E-state index is -0.153. The van der Waals surface area contributed by atoms with E-state index in [1.807, 2.05) is 30.2 Å². The summed E-state index contributed by atoms with van der Waals surface area (Å²) in [6.07, 6.45) is 10.0. The molecule has 0 aromatic carbocycles. The number of fused-ring (bicyclic) bond motifs is 2. The second-order valence-corrected chi connectivity index (χ2v) is 6.31. The fourth-order valence-corrected chi connectivity index (χ4v) is 3.67. The Labute approximate surface area is 129 Å². The molecular weight excluding hydrogens is 276 g/mol. The summed E-state index contributed by atoms with van der Waals surface area (Å²) < 4.78 is 2.03. The van der Waals surface area contributed by atoms with E-state index in [0.717, 1.165) is 37.8 Å². The lowest BCUT2D eigenvalue weighted by Crippen LogP contribution is -2.25. The van der Waals surface area contributed by atoms with Crippen LogP contribution in [0.3, 0.4) is 0 Å². The number of amides is 1. The van der Waals surface area contributed by atoms with Crippen LogP contribution in [0, 0.1) is 0 Å². The molecule has 5 heteroatoms. The van der Waals surface area contributed by atoms with E-state index in [1.165, 1.54) is 23.2 Å². The molecule has 0 fully saturated rings. The molecule has 2 aliphatic carbocycles. The van der Waals surface area contributed by atoms with Crippen molar-refractivity contribution in [3.05, 3.63) is 41.1 Å². The number of nitrogens with one attached hydrogen (secondary N) is 1. The number of carbonyl (C=O) groups is 1. The number of hydrogen-bond donors (Lipinski definition) is 1. The number of carbonyl (C=O) groups excluding carboxylic acids is 1. The molecule has 0 aliphatic heterocycles. The molecule has 2 aliphatic rings. The summed E-state index contributed by atoms with van der Waals surface area (Å²) in [5, 5.41) is 2.99. The number of anilines is 1. The SMILES string of the molecule is Cn1cnc2c1CCCC2C(=O)Nc1cc2c(cn1)CCC2. The third-order valence-corrected chi connectivity index (χ3v) is 4.87. The van der Waals surface area contributed by atoms with Crippen LogP contribution in [0.25, 0.3) is 0 Å². The smallest absolute Gasteiger partial charge is 0.234 e. The average molecular weight is 296 g/mol. The molecule has 0 radical (unpaired) electrons. The Morgan fingerprint density at radius 3 is 3.00 bits per heavy atom. The van der Waals surface area contributed by atoms with Crippen molar-refractivity contribution < 1.29 is 4.79 Å². The predicted molar refractivity (Wildman–Crippen MR) is 83.8 cm³/mol. The van der Waals surface area contributed by atoms with E-state index in [-0.39, 0.29) is 11.8 Å². The first kappa shape index (κ1) is 13.5. The maximum Gasteiger partial charge on any atom is 0.234 e. The van der Waals surface area contributed by atoms with Crippen LogP contribution in [0.2, 0.25) is 0 Å². The minimum absolute atomic E-state index is 0.0186. The topological polar surface area (TPSA) is 59.8 Å². The van der Waals surface area contributed by atoms with Crippen LogP contribution in [0.15, 0.2) is 18.6 Å². The van der Waals surface area contributed by atoms with Crippen LogP contribution >= 0.6 is 0 Å². The zero-order chi connectivity index (χ0) is 15.1. The van der Waals surface area contributed by atoms with Crippen LogP contribution in [0.4, 0.5) is 5.82 Å². The van der Waals surface area contributed by atoms with Gasteiger partial charge in [-0.3, -0.25) is 4.79 Å². The molecular formula is C17H20N4O. The molecule has 0 spiro atoms. The van der Waals surface area contributed by atoms with Gasteiger partial charge in [-0.2, -0.15) is 0 Å². The van der Waals surface area contributed by atoms with Gasteiger partial charge in [-0.15, -0.1) is 0 Å². The first-order chi connectivity index (χ1) is 10.7. The van der Waals surface area contributed by atoms with Crippen LogP contribution < -0.4 is 5.32 Å². The van der Waals surface area contributed by atoms with Gasteiger partial charge in [0.1, 0.15) is 5.82 Å². The second kappa shape index (κ2) is 5.23. The molecule has 2 aromatic rings. The van der Waals surface area contributed by atoms with Gasteiger partial charge in [0.05, 0.1) is 17.9 Å². The van der Waals surface area contributed by atoms with Crippen molar-refractivity contribution in [3.63, 3.8) is 0 Å². The van der Waals surface area contributed by atoms with Crippen molar-refractivity contribution in [2.75, 3.05) is 5.32 Å². The highest BCUT2D eigenvalue weighted by Gasteiger charge is 2.30. The maximum atomic E-state index is 12.6. The summed E-state index contributed by atoms with van der Waals surface area (Å²) in [6, 6.07) is 2.03. The molecule has 1 unspecified atom stereocenters. The molecule has 4 rings (SSSR count). The van der Waals surface area contributed by atoms with Gasteiger partial charge in [0, 0.05) is 18.9 Å². The third kappa shape index (κ3) is 2.21. The van der Waals surface area contributed by atoms with Gasteiger partial charge in [-0.05, 0) is 55.7 Å². The van der Waals surface area contributed by atoms with Crippen LogP contribution in [0.5, 0.6) is 0 Å². The summed E-state index contributed by atoms with van der Waals surface area (Å²) in [5.74, 6) is 0.541. The molecule has 2 heterocycles. The molecule has 114 valence electrons. The summed E-state index contributed by atoms with van der Waals surface area (Å²) in [6.45, 7) is 0. The van der Waals surface area contributed by atoms with Crippen molar-refractivity contribution in [1.29, 1.82) is 0 Å². The van der Waals surface area contributed by atoms with Gasteiger partial charge < -0.3 is 9.88 Å². The number of hydrogen-bond acceptors (Lipinski definition) is 3. The highest BCUT2D eigenvalue weighted by atomic mass is 16.2. The minimum Gasteiger partial charge on any atom is -0.337 e. The Bertz CT molecular complexity index is 734. The molecule has 22 heavy (non-hydrogen) atoms. The Balaban J connectivity index is 1.56. The van der Waals surface area contributed by atoms with Crippen LogP contribution in [0.1, 0.15) is 47.7 Å². The second-order valence-electron chi connectivity index (χ2n) is 6.31. The number of imidazole rings is 1. The standard InChI is InChI=1S/C17H20N4O/c1-21-10-19-16-13(6-3-7-14(16)21)17(22)20-15-8-11-4-2-5-12(11)9-18-15/h8-10,13H,2-7H2,1H3,(H,18,20,22). The fourth-order valence-electron chi connectivity index (χ4n) is 3.67. The van der Waals surface area contributed by atoms with Crippen LogP contribution in [-0.4, -0.2) is 20.4 Å². The number of pyridine rings is 1. The van der Waals surface area contributed by atoms with E-state index in [1.54, 1.807) is 0 Å². The zero-order valence-electron chi connectivity index (χ0n) is 12.8. The number of rotatable bonds is 2. The van der Waals surface area contributed by atoms with E-state index < -0.39 is 0 Å². The third-order valence-electron chi connectivity index (χ3n) is 4.87. The average Bonchev–Trinajstić information content (AvgIpc) is 3.13. The number of nitrogens with zero attached hydrogens (tertiary/aromatic N) is 3. The van der Waals surface area contributed by atoms with Gasteiger partial charge in [0.25, 0.3) is 0 Å².